The van der Waals surface area contributed by atoms with Crippen molar-refractivity contribution in [1.82, 2.24) is 0 Å². The second kappa shape index (κ2) is 3.75. The van der Waals surface area contributed by atoms with Gasteiger partial charge in [0.1, 0.15) is 11.3 Å². The first kappa shape index (κ1) is 9.68. The number of methoxy groups -OCH3 is 1. The van der Waals surface area contributed by atoms with Gasteiger partial charge in [0.2, 0.25) is 0 Å². The third-order valence-electron chi connectivity index (χ3n) is 1.10. The molecule has 0 saturated heterocycles. The van der Waals surface area contributed by atoms with Crippen LogP contribution in [0, 0.1) is 0 Å². The zero-order valence-electron chi connectivity index (χ0n) is 6.67. The topological polar surface area (TPSA) is 63.6 Å². The van der Waals surface area contributed by atoms with E-state index in [4.69, 9.17) is 5.11 Å². The lowest BCUT2D eigenvalue weighted by Gasteiger charge is -2.00. The first-order chi connectivity index (χ1) is 5.00. The monoisotopic (exact) mass is 158 g/mol. The number of Topliss-reactive ketones (excluding diaryl/α,β-unsaturated/α-hetero) is 1. The molecule has 0 aromatic heterocycles. The van der Waals surface area contributed by atoms with E-state index in [1.807, 2.05) is 0 Å². The van der Waals surface area contributed by atoms with Crippen LogP contribution in [0.4, 0.5) is 0 Å². The van der Waals surface area contributed by atoms with Crippen molar-refractivity contribution in [3.8, 4) is 0 Å². The maximum Gasteiger partial charge on any atom is 0.344 e. The Bertz CT molecular complexity index is 210. The first-order valence-corrected chi connectivity index (χ1v) is 2.99. The molecule has 0 saturated carbocycles. The van der Waals surface area contributed by atoms with Gasteiger partial charge in [-0.2, -0.15) is 0 Å². The minimum absolute atomic E-state index is 0.299. The molecule has 0 heterocycles. The average molecular weight is 158 g/mol. The summed E-state index contributed by atoms with van der Waals surface area (Å²) in [5.41, 5.74) is -0.299. The molecule has 0 aliphatic heterocycles. The molecule has 4 nitrogen and oxygen atoms in total. The molecule has 62 valence electrons. The van der Waals surface area contributed by atoms with Crippen LogP contribution >= 0.6 is 0 Å². The second-order valence-electron chi connectivity index (χ2n) is 2.01. The van der Waals surface area contributed by atoms with E-state index in [-0.39, 0.29) is 11.3 Å². The third-order valence-corrected chi connectivity index (χ3v) is 1.10. The van der Waals surface area contributed by atoms with Gasteiger partial charge in [0.05, 0.1) is 7.11 Å². The molecule has 0 spiro atoms. The maximum atomic E-state index is 10.7. The fourth-order valence-corrected chi connectivity index (χ4v) is 0.648. The van der Waals surface area contributed by atoms with Crippen LogP contribution in [0.2, 0.25) is 0 Å². The lowest BCUT2D eigenvalue weighted by molar-refractivity contribution is -0.137. The highest BCUT2D eigenvalue weighted by atomic mass is 16.5. The molecule has 11 heavy (non-hydrogen) atoms. The largest absolute Gasteiger partial charge is 0.512 e. The summed E-state index contributed by atoms with van der Waals surface area (Å²) in [7, 11) is 1.15. The van der Waals surface area contributed by atoms with Crippen molar-refractivity contribution < 1.29 is 19.4 Å². The SMILES string of the molecule is COC(=O)C(C(C)=O)=C(C)O. The Hall–Kier alpha value is -1.32. The minimum Gasteiger partial charge on any atom is -0.512 e. The number of ketones is 1. The summed E-state index contributed by atoms with van der Waals surface area (Å²) in [6.07, 6.45) is 0. The molecule has 0 aromatic carbocycles. The predicted molar refractivity (Wildman–Crippen MR) is 38.0 cm³/mol. The van der Waals surface area contributed by atoms with Crippen molar-refractivity contribution >= 4 is 11.8 Å². The summed E-state index contributed by atoms with van der Waals surface area (Å²) >= 11 is 0. The van der Waals surface area contributed by atoms with Gasteiger partial charge in [0.25, 0.3) is 0 Å². The number of carbonyl (C=O) groups excluding carboxylic acids is 2. The van der Waals surface area contributed by atoms with Crippen LogP contribution in [0.25, 0.3) is 0 Å². The molecule has 0 aliphatic carbocycles. The summed E-state index contributed by atoms with van der Waals surface area (Å²) in [5.74, 6) is -1.63. The molecule has 0 atom stereocenters. The van der Waals surface area contributed by atoms with Gasteiger partial charge in [0.15, 0.2) is 5.78 Å². The van der Waals surface area contributed by atoms with E-state index in [9.17, 15) is 9.59 Å². The van der Waals surface area contributed by atoms with Gasteiger partial charge in [-0.1, -0.05) is 0 Å². The highest BCUT2D eigenvalue weighted by molar-refractivity contribution is 6.16. The molecule has 0 bridgehead atoms. The minimum atomic E-state index is -0.808. The van der Waals surface area contributed by atoms with Gasteiger partial charge in [-0.25, -0.2) is 4.79 Å². The lowest BCUT2D eigenvalue weighted by atomic mass is 10.1. The molecule has 0 unspecified atom stereocenters. The smallest absolute Gasteiger partial charge is 0.344 e. The number of ether oxygens (including phenoxy) is 1. The van der Waals surface area contributed by atoms with E-state index in [2.05, 4.69) is 4.74 Å². The first-order valence-electron chi connectivity index (χ1n) is 2.99. The number of esters is 1. The molecule has 0 aromatic rings. The van der Waals surface area contributed by atoms with Crippen LogP contribution in [0.1, 0.15) is 13.8 Å². The van der Waals surface area contributed by atoms with Crippen LogP contribution in [-0.2, 0) is 14.3 Å². The molecule has 0 fully saturated rings. The lowest BCUT2D eigenvalue weighted by Crippen LogP contribution is -2.13. The van der Waals surface area contributed by atoms with Gasteiger partial charge < -0.3 is 9.84 Å². The number of carbonyl (C=O) groups is 2. The van der Waals surface area contributed by atoms with Crippen molar-refractivity contribution in [2.45, 2.75) is 13.8 Å². The number of allylic oxidation sites excluding steroid dienone is 1. The van der Waals surface area contributed by atoms with Crippen molar-refractivity contribution in [3.63, 3.8) is 0 Å². The number of hydrogen-bond donors (Lipinski definition) is 1. The molecular weight excluding hydrogens is 148 g/mol. The molecule has 1 N–H and O–H groups in total. The van der Waals surface area contributed by atoms with Crippen molar-refractivity contribution in [2.24, 2.45) is 0 Å². The van der Waals surface area contributed by atoms with E-state index >= 15 is 0 Å². The summed E-state index contributed by atoms with van der Waals surface area (Å²) in [6, 6.07) is 0. The molecule has 0 rings (SSSR count). The van der Waals surface area contributed by atoms with E-state index in [1.165, 1.54) is 13.8 Å². The molecule has 0 radical (unpaired) electrons. The van der Waals surface area contributed by atoms with Gasteiger partial charge in [-0.05, 0) is 13.8 Å². The fourth-order valence-electron chi connectivity index (χ4n) is 0.648. The van der Waals surface area contributed by atoms with Crippen LogP contribution in [0.3, 0.4) is 0 Å². The Labute approximate surface area is 64.5 Å². The summed E-state index contributed by atoms with van der Waals surface area (Å²) < 4.78 is 4.26. The predicted octanol–water partition coefficient (Wildman–Crippen LogP) is 0.580. The number of hydrogen-bond acceptors (Lipinski definition) is 4. The van der Waals surface area contributed by atoms with Gasteiger partial charge in [-0.15, -0.1) is 0 Å². The Morgan fingerprint density at radius 2 is 1.73 bits per heavy atom. The van der Waals surface area contributed by atoms with Crippen LogP contribution in [0.5, 0.6) is 0 Å². The molecule has 0 aliphatic rings. The summed E-state index contributed by atoms with van der Waals surface area (Å²) in [5, 5.41) is 8.84. The number of aliphatic hydroxyl groups is 1. The van der Waals surface area contributed by atoms with Crippen molar-refractivity contribution in [2.75, 3.05) is 7.11 Å². The highest BCUT2D eigenvalue weighted by Crippen LogP contribution is 2.03. The van der Waals surface area contributed by atoms with E-state index in [0.717, 1.165) is 7.11 Å². The highest BCUT2D eigenvalue weighted by Gasteiger charge is 2.17. The third kappa shape index (κ3) is 2.41. The zero-order valence-corrected chi connectivity index (χ0v) is 6.67. The Balaban J connectivity index is 4.79. The Morgan fingerprint density at radius 1 is 1.27 bits per heavy atom. The van der Waals surface area contributed by atoms with E-state index in [1.54, 1.807) is 0 Å². The van der Waals surface area contributed by atoms with Gasteiger partial charge >= 0.3 is 5.97 Å². The van der Waals surface area contributed by atoms with Gasteiger partial charge in [-0.3, -0.25) is 4.79 Å². The maximum absolute atomic E-state index is 10.7. The second-order valence-corrected chi connectivity index (χ2v) is 2.01. The zero-order chi connectivity index (χ0) is 9.02. The molecular formula is C7H10O4. The average Bonchev–Trinajstić information content (AvgIpc) is 1.85. The fraction of sp³-hybridized carbons (Fsp3) is 0.429. The molecule has 4 heteroatoms. The van der Waals surface area contributed by atoms with E-state index in [0.29, 0.717) is 0 Å². The van der Waals surface area contributed by atoms with Crippen molar-refractivity contribution in [3.05, 3.63) is 11.3 Å². The number of rotatable bonds is 2. The van der Waals surface area contributed by atoms with Gasteiger partial charge in [0, 0.05) is 0 Å². The summed E-state index contributed by atoms with van der Waals surface area (Å²) in [4.78, 5) is 21.4. The standard InChI is InChI=1S/C7H10O4/c1-4(8)6(5(2)9)7(10)11-3/h8H,1-3H3. The van der Waals surface area contributed by atoms with Crippen LogP contribution < -0.4 is 0 Å². The Kier molecular flexibility index (Phi) is 3.30. The van der Waals surface area contributed by atoms with Crippen LogP contribution in [-0.4, -0.2) is 24.0 Å². The molecule has 0 amide bonds. The normalized spacial score (nSPS) is 11.9. The van der Waals surface area contributed by atoms with Crippen LogP contribution in [0.15, 0.2) is 11.3 Å². The quantitative estimate of drug-likeness (QED) is 0.210. The Morgan fingerprint density at radius 3 is 1.82 bits per heavy atom. The summed E-state index contributed by atoms with van der Waals surface area (Å²) in [6.45, 7) is 2.44. The van der Waals surface area contributed by atoms with E-state index < -0.39 is 11.8 Å². The van der Waals surface area contributed by atoms with Crippen molar-refractivity contribution in [1.29, 1.82) is 0 Å². The number of aliphatic hydroxyl groups excluding tert-OH is 1.